The topological polar surface area (TPSA) is 58.1 Å². The Morgan fingerprint density at radius 2 is 2.03 bits per heavy atom. The molecule has 0 amide bonds. The molecule has 2 rings (SSSR count). The number of guanidine groups is 1. The largest absolute Gasteiger partial charge is 0.385 e. The predicted molar refractivity (Wildman–Crippen MR) is 132 cm³/mol. The van der Waals surface area contributed by atoms with Crippen LogP contribution >= 0.6 is 35.6 Å². The van der Waals surface area contributed by atoms with Crippen LogP contribution in [0.25, 0.3) is 0 Å². The van der Waals surface area contributed by atoms with Gasteiger partial charge in [-0.05, 0) is 44.0 Å². The summed E-state index contributed by atoms with van der Waals surface area (Å²) < 4.78 is 10.7. The Labute approximate surface area is 197 Å². The van der Waals surface area contributed by atoms with Gasteiger partial charge in [-0.3, -0.25) is 4.99 Å². The van der Waals surface area contributed by atoms with Crippen LogP contribution in [0.4, 0.5) is 0 Å². The molecular weight excluding hydrogens is 503 g/mol. The highest BCUT2D eigenvalue weighted by Crippen LogP contribution is 2.35. The highest BCUT2D eigenvalue weighted by Gasteiger charge is 2.34. The Bertz CT molecular complexity index is 612. The van der Waals surface area contributed by atoms with Gasteiger partial charge in [-0.1, -0.05) is 23.7 Å². The van der Waals surface area contributed by atoms with Crippen molar-refractivity contribution in [2.75, 3.05) is 67.2 Å². The molecule has 2 N–H and O–H groups in total. The number of nitrogens with zero attached hydrogens (tertiary/aromatic N) is 2. The molecule has 1 heterocycles. The Hall–Kier alpha value is -0.610. The van der Waals surface area contributed by atoms with Crippen molar-refractivity contribution in [1.82, 2.24) is 15.5 Å². The summed E-state index contributed by atoms with van der Waals surface area (Å²) in [5.41, 5.74) is 1.28. The quantitative estimate of drug-likeness (QED) is 0.207. The zero-order valence-electron chi connectivity index (χ0n) is 17.9. The van der Waals surface area contributed by atoms with Gasteiger partial charge in [-0.2, -0.15) is 0 Å². The molecule has 0 aliphatic carbocycles. The van der Waals surface area contributed by atoms with Crippen LogP contribution in [0.3, 0.4) is 0 Å². The smallest absolute Gasteiger partial charge is 0.191 e. The van der Waals surface area contributed by atoms with E-state index < -0.39 is 0 Å². The van der Waals surface area contributed by atoms with Crippen LogP contribution < -0.4 is 10.6 Å². The Balaban J connectivity index is 0.00000420. The summed E-state index contributed by atoms with van der Waals surface area (Å²) in [7, 11) is 5.68. The lowest BCUT2D eigenvalue weighted by Crippen LogP contribution is -2.49. The monoisotopic (exact) mass is 538 g/mol. The van der Waals surface area contributed by atoms with E-state index in [0.717, 1.165) is 76.2 Å². The SMILES string of the molecule is CN=C(NCCN(C)CCCOC)NCC1(c2cccc(Cl)c2)CCOCC1.I. The van der Waals surface area contributed by atoms with Gasteiger partial charge in [0.2, 0.25) is 0 Å². The van der Waals surface area contributed by atoms with E-state index in [1.165, 1.54) is 5.56 Å². The van der Waals surface area contributed by atoms with E-state index >= 15 is 0 Å². The molecule has 1 aromatic carbocycles. The van der Waals surface area contributed by atoms with Crippen molar-refractivity contribution in [3.05, 3.63) is 34.9 Å². The van der Waals surface area contributed by atoms with Crippen LogP contribution in [0.2, 0.25) is 5.02 Å². The minimum atomic E-state index is 0. The Kier molecular flexibility index (Phi) is 13.1. The third kappa shape index (κ3) is 8.96. The Morgan fingerprint density at radius 3 is 2.69 bits per heavy atom. The normalized spacial score (nSPS) is 16.4. The summed E-state index contributed by atoms with van der Waals surface area (Å²) in [5, 5.41) is 7.72. The van der Waals surface area contributed by atoms with Gasteiger partial charge in [-0.15, -0.1) is 24.0 Å². The van der Waals surface area contributed by atoms with Gasteiger partial charge in [0, 0.05) is 70.6 Å². The first-order valence-electron chi connectivity index (χ1n) is 10.1. The van der Waals surface area contributed by atoms with E-state index in [4.69, 9.17) is 21.1 Å². The molecule has 0 radical (unpaired) electrons. The van der Waals surface area contributed by atoms with Crippen LogP contribution in [0.1, 0.15) is 24.8 Å². The molecule has 0 unspecified atom stereocenters. The van der Waals surface area contributed by atoms with Crippen molar-refractivity contribution in [2.24, 2.45) is 4.99 Å². The van der Waals surface area contributed by atoms with E-state index in [0.29, 0.717) is 0 Å². The molecule has 166 valence electrons. The second kappa shape index (κ2) is 14.4. The lowest BCUT2D eigenvalue weighted by atomic mass is 9.74. The molecule has 0 saturated carbocycles. The number of hydrogen-bond acceptors (Lipinski definition) is 4. The van der Waals surface area contributed by atoms with Gasteiger partial charge < -0.3 is 25.0 Å². The maximum atomic E-state index is 6.26. The van der Waals surface area contributed by atoms with Crippen LogP contribution in [0, 0.1) is 0 Å². The van der Waals surface area contributed by atoms with Crippen molar-refractivity contribution in [1.29, 1.82) is 0 Å². The number of aliphatic imine (C=N–C) groups is 1. The lowest BCUT2D eigenvalue weighted by Gasteiger charge is -2.38. The first kappa shape index (κ1) is 26.4. The van der Waals surface area contributed by atoms with Crippen molar-refractivity contribution in [3.63, 3.8) is 0 Å². The summed E-state index contributed by atoms with van der Waals surface area (Å²) >= 11 is 6.26. The number of nitrogens with one attached hydrogen (secondary N) is 2. The molecule has 6 nitrogen and oxygen atoms in total. The maximum Gasteiger partial charge on any atom is 0.191 e. The number of hydrogen-bond donors (Lipinski definition) is 2. The standard InChI is InChI=1S/C21H35ClN4O2.HI/c1-23-20(24-10-12-26(2)11-5-13-27-3)25-17-21(8-14-28-15-9-21)18-6-4-7-19(22)16-18;/h4,6-7,16H,5,8-15,17H2,1-3H3,(H2,23,24,25);1H. The summed E-state index contributed by atoms with van der Waals surface area (Å²) in [4.78, 5) is 6.68. The van der Waals surface area contributed by atoms with E-state index in [1.807, 2.05) is 19.2 Å². The molecule has 1 fully saturated rings. The van der Waals surface area contributed by atoms with Crippen LogP contribution in [-0.2, 0) is 14.9 Å². The summed E-state index contributed by atoms with van der Waals surface area (Å²) in [6.07, 6.45) is 2.99. The third-order valence-electron chi connectivity index (χ3n) is 5.38. The first-order chi connectivity index (χ1) is 13.6. The predicted octanol–water partition coefficient (Wildman–Crippen LogP) is 3.14. The maximum absolute atomic E-state index is 6.26. The van der Waals surface area contributed by atoms with Gasteiger partial charge >= 0.3 is 0 Å². The number of benzene rings is 1. The van der Waals surface area contributed by atoms with Crippen molar-refractivity contribution >= 4 is 41.5 Å². The fourth-order valence-electron chi connectivity index (χ4n) is 3.58. The molecule has 0 atom stereocenters. The average Bonchev–Trinajstić information content (AvgIpc) is 2.71. The van der Waals surface area contributed by atoms with E-state index in [2.05, 4.69) is 39.7 Å². The fourth-order valence-corrected chi connectivity index (χ4v) is 3.77. The molecule has 0 spiro atoms. The van der Waals surface area contributed by atoms with Crippen LogP contribution in [0.5, 0.6) is 0 Å². The van der Waals surface area contributed by atoms with Crippen LogP contribution in [-0.4, -0.2) is 78.1 Å². The van der Waals surface area contributed by atoms with Crippen molar-refractivity contribution < 1.29 is 9.47 Å². The minimum Gasteiger partial charge on any atom is -0.385 e. The van der Waals surface area contributed by atoms with Gasteiger partial charge in [0.1, 0.15) is 0 Å². The number of rotatable bonds is 10. The third-order valence-corrected chi connectivity index (χ3v) is 5.61. The summed E-state index contributed by atoms with van der Waals surface area (Å²) in [5.74, 6) is 0.832. The molecule has 8 heteroatoms. The van der Waals surface area contributed by atoms with Gasteiger partial charge in [0.05, 0.1) is 0 Å². The van der Waals surface area contributed by atoms with Gasteiger partial charge in [0.25, 0.3) is 0 Å². The van der Waals surface area contributed by atoms with Crippen molar-refractivity contribution in [3.8, 4) is 0 Å². The van der Waals surface area contributed by atoms with Crippen molar-refractivity contribution in [2.45, 2.75) is 24.7 Å². The highest BCUT2D eigenvalue weighted by atomic mass is 127. The number of ether oxygens (including phenoxy) is 2. The number of likely N-dealkylation sites (N-methyl/N-ethyl adjacent to an activating group) is 1. The number of methoxy groups -OCH3 is 1. The molecule has 1 saturated heterocycles. The van der Waals surface area contributed by atoms with Gasteiger partial charge in [-0.25, -0.2) is 0 Å². The van der Waals surface area contributed by atoms with E-state index in [9.17, 15) is 0 Å². The van der Waals surface area contributed by atoms with Crippen LogP contribution in [0.15, 0.2) is 29.3 Å². The number of halogens is 2. The molecule has 0 aromatic heterocycles. The fraction of sp³-hybridized carbons (Fsp3) is 0.667. The zero-order valence-corrected chi connectivity index (χ0v) is 21.0. The van der Waals surface area contributed by atoms with E-state index in [-0.39, 0.29) is 29.4 Å². The summed E-state index contributed by atoms with van der Waals surface area (Å²) in [6, 6.07) is 8.21. The second-order valence-corrected chi connectivity index (χ2v) is 7.84. The molecule has 1 aromatic rings. The molecular formula is C21H36ClIN4O2. The molecule has 1 aliphatic heterocycles. The Morgan fingerprint density at radius 1 is 1.28 bits per heavy atom. The lowest BCUT2D eigenvalue weighted by molar-refractivity contribution is 0.0514. The minimum absolute atomic E-state index is 0. The van der Waals surface area contributed by atoms with E-state index in [1.54, 1.807) is 7.11 Å². The molecule has 29 heavy (non-hydrogen) atoms. The average molecular weight is 539 g/mol. The zero-order chi connectivity index (χ0) is 20.2. The summed E-state index contributed by atoms with van der Waals surface area (Å²) in [6.45, 7) is 5.98. The highest BCUT2D eigenvalue weighted by molar-refractivity contribution is 14.0. The molecule has 0 bridgehead atoms. The molecule has 1 aliphatic rings. The van der Waals surface area contributed by atoms with Gasteiger partial charge in [0.15, 0.2) is 5.96 Å². The first-order valence-corrected chi connectivity index (χ1v) is 10.4. The second-order valence-electron chi connectivity index (χ2n) is 7.41.